The lowest BCUT2D eigenvalue weighted by molar-refractivity contribution is -0.0201. The first kappa shape index (κ1) is 33.9. The monoisotopic (exact) mass is 590 g/mol. The Bertz CT molecular complexity index is 949. The average molecular weight is 591 g/mol. The summed E-state index contributed by atoms with van der Waals surface area (Å²) in [4.78, 5) is 12.2. The fourth-order valence-corrected chi connectivity index (χ4v) is 4.38. The quantitative estimate of drug-likeness (QED) is 0.167. The summed E-state index contributed by atoms with van der Waals surface area (Å²) in [6.07, 6.45) is -0.448. The van der Waals surface area contributed by atoms with Crippen molar-refractivity contribution in [3.8, 4) is 11.1 Å². The van der Waals surface area contributed by atoms with E-state index >= 15 is 0 Å². The Kier molecular flexibility index (Phi) is 17.8. The normalized spacial score (nSPS) is 12.3. The summed E-state index contributed by atoms with van der Waals surface area (Å²) in [5, 5.41) is 2.74. The van der Waals surface area contributed by atoms with Crippen LogP contribution in [0.15, 0.2) is 48.5 Å². The van der Waals surface area contributed by atoms with E-state index in [9.17, 15) is 4.79 Å². The van der Waals surface area contributed by atoms with Gasteiger partial charge < -0.3 is 48.9 Å². The lowest BCUT2D eigenvalue weighted by Gasteiger charge is -2.14. The largest absolute Gasteiger partial charge is 0.449 e. The van der Waals surface area contributed by atoms with Crippen LogP contribution in [0.1, 0.15) is 17.0 Å². The van der Waals surface area contributed by atoms with Gasteiger partial charge in [0.1, 0.15) is 6.61 Å². The molecule has 1 aliphatic carbocycles. The lowest BCUT2D eigenvalue weighted by atomic mass is 9.98. The number of nitrogens with one attached hydrogen (secondary N) is 1. The minimum atomic E-state index is -0.448. The Hall–Kier alpha value is -2.61. The summed E-state index contributed by atoms with van der Waals surface area (Å²) in [5.41, 5.74) is 10.1. The third kappa shape index (κ3) is 13.1. The Labute approximate surface area is 248 Å². The molecule has 1 amide bonds. The predicted molar refractivity (Wildman–Crippen MR) is 158 cm³/mol. The first-order valence-corrected chi connectivity index (χ1v) is 14.6. The number of rotatable bonds is 25. The second-order valence-corrected chi connectivity index (χ2v) is 9.33. The molecule has 0 aromatic heterocycles. The first-order chi connectivity index (χ1) is 20.8. The molecule has 2 aromatic rings. The van der Waals surface area contributed by atoms with Crippen LogP contribution in [0.3, 0.4) is 0 Å². The van der Waals surface area contributed by atoms with Crippen LogP contribution < -0.4 is 11.1 Å². The van der Waals surface area contributed by atoms with Crippen molar-refractivity contribution in [1.29, 1.82) is 0 Å². The SMILES string of the molecule is NCCOCCOCCOCCOCCOCCOCCOCCNC(=O)OCC1c2ccccc2-c2ccccc21. The number of carbonyl (C=O) groups excluding carboxylic acids is 1. The summed E-state index contributed by atoms with van der Waals surface area (Å²) in [6.45, 7) is 8.09. The molecule has 0 atom stereocenters. The lowest BCUT2D eigenvalue weighted by Crippen LogP contribution is -2.29. The molecule has 11 nitrogen and oxygen atoms in total. The van der Waals surface area contributed by atoms with E-state index in [4.69, 9.17) is 43.6 Å². The molecule has 234 valence electrons. The maximum absolute atomic E-state index is 12.2. The highest BCUT2D eigenvalue weighted by Crippen LogP contribution is 2.44. The topological polar surface area (TPSA) is 129 Å². The van der Waals surface area contributed by atoms with Gasteiger partial charge in [-0.1, -0.05) is 48.5 Å². The standard InChI is InChI=1S/C31H46N2O9/c32-9-11-35-13-15-37-17-19-39-21-23-41-24-22-40-20-18-38-16-14-36-12-10-33-31(34)42-25-30-28-7-3-1-5-26(28)27-6-2-4-8-29(27)30/h1-8,30H,9-25,32H2,(H,33,34). The van der Waals surface area contributed by atoms with Crippen LogP contribution >= 0.6 is 0 Å². The molecule has 3 N–H and O–H groups in total. The van der Waals surface area contributed by atoms with Crippen LogP contribution in [0.2, 0.25) is 0 Å². The van der Waals surface area contributed by atoms with E-state index in [1.54, 1.807) is 0 Å². The highest BCUT2D eigenvalue weighted by atomic mass is 16.6. The van der Waals surface area contributed by atoms with Gasteiger partial charge in [0.25, 0.3) is 0 Å². The van der Waals surface area contributed by atoms with Crippen molar-refractivity contribution in [2.45, 2.75) is 5.92 Å². The van der Waals surface area contributed by atoms with Gasteiger partial charge in [-0.2, -0.15) is 0 Å². The highest BCUT2D eigenvalue weighted by molar-refractivity contribution is 5.79. The van der Waals surface area contributed by atoms with Crippen LogP contribution in [0.4, 0.5) is 4.79 Å². The van der Waals surface area contributed by atoms with Gasteiger partial charge in [0, 0.05) is 19.0 Å². The average Bonchev–Trinajstić information content (AvgIpc) is 3.34. The van der Waals surface area contributed by atoms with E-state index in [0.717, 1.165) is 0 Å². The Morgan fingerprint density at radius 1 is 0.571 bits per heavy atom. The molecule has 0 saturated carbocycles. The molecule has 0 aliphatic heterocycles. The summed E-state index contributed by atoms with van der Waals surface area (Å²) in [6, 6.07) is 16.5. The Morgan fingerprint density at radius 3 is 1.38 bits per heavy atom. The van der Waals surface area contributed by atoms with E-state index in [0.29, 0.717) is 112 Å². The minimum Gasteiger partial charge on any atom is -0.449 e. The number of hydrogen-bond donors (Lipinski definition) is 2. The van der Waals surface area contributed by atoms with Gasteiger partial charge in [-0.05, 0) is 22.3 Å². The van der Waals surface area contributed by atoms with E-state index < -0.39 is 6.09 Å². The summed E-state index contributed by atoms with van der Waals surface area (Å²) >= 11 is 0. The molecule has 0 bridgehead atoms. The highest BCUT2D eigenvalue weighted by Gasteiger charge is 2.28. The van der Waals surface area contributed by atoms with Crippen molar-refractivity contribution >= 4 is 6.09 Å². The maximum atomic E-state index is 12.2. The molecule has 0 saturated heterocycles. The number of amides is 1. The van der Waals surface area contributed by atoms with Gasteiger partial charge in [-0.25, -0.2) is 4.79 Å². The van der Waals surface area contributed by atoms with Crippen LogP contribution in [-0.2, 0) is 37.9 Å². The van der Waals surface area contributed by atoms with E-state index in [2.05, 4.69) is 29.6 Å². The van der Waals surface area contributed by atoms with Crippen molar-refractivity contribution in [2.75, 3.05) is 112 Å². The first-order valence-electron chi connectivity index (χ1n) is 14.6. The second kappa shape index (κ2) is 22.0. The van der Waals surface area contributed by atoms with Gasteiger partial charge in [0.2, 0.25) is 0 Å². The molecule has 2 aromatic carbocycles. The van der Waals surface area contributed by atoms with Crippen LogP contribution in [0.25, 0.3) is 11.1 Å². The van der Waals surface area contributed by atoms with Gasteiger partial charge in [-0.3, -0.25) is 0 Å². The molecule has 42 heavy (non-hydrogen) atoms. The van der Waals surface area contributed by atoms with Crippen molar-refractivity contribution in [3.05, 3.63) is 59.7 Å². The third-order valence-electron chi connectivity index (χ3n) is 6.35. The number of alkyl carbamates (subject to hydrolysis) is 1. The molecule has 3 rings (SSSR count). The number of fused-ring (bicyclic) bond motifs is 3. The maximum Gasteiger partial charge on any atom is 0.407 e. The minimum absolute atomic E-state index is 0.0437. The zero-order valence-electron chi connectivity index (χ0n) is 24.5. The van der Waals surface area contributed by atoms with E-state index in [1.807, 2.05) is 24.3 Å². The van der Waals surface area contributed by atoms with Crippen LogP contribution in [0, 0.1) is 0 Å². The fourth-order valence-electron chi connectivity index (χ4n) is 4.38. The molecule has 11 heteroatoms. The van der Waals surface area contributed by atoms with Crippen molar-refractivity contribution in [3.63, 3.8) is 0 Å². The molecular weight excluding hydrogens is 544 g/mol. The summed E-state index contributed by atoms with van der Waals surface area (Å²) in [5.74, 6) is 0.0437. The van der Waals surface area contributed by atoms with Crippen LogP contribution in [-0.4, -0.2) is 118 Å². The molecule has 0 heterocycles. The second-order valence-electron chi connectivity index (χ2n) is 9.33. The third-order valence-corrected chi connectivity index (χ3v) is 6.35. The predicted octanol–water partition coefficient (Wildman–Crippen LogP) is 2.60. The molecule has 0 radical (unpaired) electrons. The number of carbonyl (C=O) groups is 1. The van der Waals surface area contributed by atoms with Crippen molar-refractivity contribution < 1.29 is 42.7 Å². The number of benzene rings is 2. The van der Waals surface area contributed by atoms with Crippen molar-refractivity contribution in [2.24, 2.45) is 5.73 Å². The smallest absolute Gasteiger partial charge is 0.407 e. The van der Waals surface area contributed by atoms with Crippen LogP contribution in [0.5, 0.6) is 0 Å². The van der Waals surface area contributed by atoms with E-state index in [1.165, 1.54) is 22.3 Å². The van der Waals surface area contributed by atoms with Gasteiger partial charge in [-0.15, -0.1) is 0 Å². The molecular formula is C31H46N2O9. The van der Waals surface area contributed by atoms with Crippen molar-refractivity contribution in [1.82, 2.24) is 5.32 Å². The number of nitrogens with two attached hydrogens (primary N) is 1. The zero-order valence-corrected chi connectivity index (χ0v) is 24.5. The Balaban J connectivity index is 1.05. The Morgan fingerprint density at radius 2 is 0.952 bits per heavy atom. The zero-order chi connectivity index (χ0) is 29.5. The van der Waals surface area contributed by atoms with Gasteiger partial charge in [0.15, 0.2) is 0 Å². The molecule has 1 aliphatic rings. The van der Waals surface area contributed by atoms with Gasteiger partial charge in [0.05, 0.1) is 92.5 Å². The molecule has 0 fully saturated rings. The number of ether oxygens (including phenoxy) is 8. The molecule has 0 unspecified atom stereocenters. The number of hydrogen-bond acceptors (Lipinski definition) is 10. The summed E-state index contributed by atoms with van der Waals surface area (Å²) < 4.78 is 43.4. The van der Waals surface area contributed by atoms with Gasteiger partial charge >= 0.3 is 6.09 Å². The molecule has 0 spiro atoms. The fraction of sp³-hybridized carbons (Fsp3) is 0.581. The summed E-state index contributed by atoms with van der Waals surface area (Å²) in [7, 11) is 0. The van der Waals surface area contributed by atoms with E-state index in [-0.39, 0.29) is 5.92 Å².